The van der Waals surface area contributed by atoms with Gasteiger partial charge in [-0.3, -0.25) is 9.69 Å². The van der Waals surface area contributed by atoms with E-state index < -0.39 is 0 Å². The number of nitrogens with zero attached hydrogens (tertiary/aromatic N) is 1. The molecule has 0 bridgehead atoms. The van der Waals surface area contributed by atoms with Gasteiger partial charge >= 0.3 is 0 Å². The van der Waals surface area contributed by atoms with Crippen molar-refractivity contribution >= 4 is 30.7 Å². The number of carbonyl (C=O) groups excluding carboxylic acids is 1. The molecule has 2 fully saturated rings. The normalized spacial score (nSPS) is 26.8. The van der Waals surface area contributed by atoms with Crippen molar-refractivity contribution in [3.05, 3.63) is 35.9 Å². The molecule has 1 aliphatic carbocycles. The van der Waals surface area contributed by atoms with Gasteiger partial charge in [0.15, 0.2) is 0 Å². The lowest BCUT2D eigenvalue weighted by Crippen LogP contribution is -2.52. The third-order valence-electron chi connectivity index (χ3n) is 5.26. The molecule has 0 aromatic heterocycles. The first-order valence-corrected chi connectivity index (χ1v) is 9.06. The van der Waals surface area contributed by atoms with E-state index >= 15 is 0 Å². The first-order valence-electron chi connectivity index (χ1n) is 9.06. The molecule has 25 heavy (non-hydrogen) atoms. The summed E-state index contributed by atoms with van der Waals surface area (Å²) in [5, 5.41) is 3.29. The number of benzene rings is 1. The number of nitrogens with one attached hydrogen (secondary N) is 1. The Bertz CT molecular complexity index is 507. The quantitative estimate of drug-likeness (QED) is 0.833. The largest absolute Gasteiger partial charge is 0.352 e. The zero-order valence-electron chi connectivity index (χ0n) is 14.7. The summed E-state index contributed by atoms with van der Waals surface area (Å²) in [6, 6.07) is 11.1. The number of hydrogen-bond acceptors (Lipinski definition) is 3. The van der Waals surface area contributed by atoms with Crippen LogP contribution in [0.3, 0.4) is 0 Å². The Balaban J connectivity index is 0.00000156. The second kappa shape index (κ2) is 11.0. The van der Waals surface area contributed by atoms with Crippen LogP contribution in [0.5, 0.6) is 0 Å². The van der Waals surface area contributed by atoms with Crippen molar-refractivity contribution in [2.24, 2.45) is 5.73 Å². The third kappa shape index (κ3) is 6.45. The molecule has 1 heterocycles. The van der Waals surface area contributed by atoms with Crippen LogP contribution in [0.25, 0.3) is 0 Å². The second-order valence-corrected chi connectivity index (χ2v) is 7.09. The van der Waals surface area contributed by atoms with Gasteiger partial charge in [-0.1, -0.05) is 36.8 Å². The molecule has 1 saturated heterocycles. The topological polar surface area (TPSA) is 58.4 Å². The summed E-state index contributed by atoms with van der Waals surface area (Å²) in [5.74, 6) is 0.223. The van der Waals surface area contributed by atoms with Crippen LogP contribution in [0, 0.1) is 0 Å². The zero-order chi connectivity index (χ0) is 16.1. The number of halogens is 2. The summed E-state index contributed by atoms with van der Waals surface area (Å²) in [7, 11) is 0. The predicted octanol–water partition coefficient (Wildman–Crippen LogP) is 3.27. The van der Waals surface area contributed by atoms with Gasteiger partial charge in [0.2, 0.25) is 5.91 Å². The van der Waals surface area contributed by atoms with Crippen LogP contribution in [0.2, 0.25) is 0 Å². The first-order chi connectivity index (χ1) is 11.2. The Morgan fingerprint density at radius 2 is 1.72 bits per heavy atom. The molecule has 1 aromatic carbocycles. The third-order valence-corrected chi connectivity index (χ3v) is 5.26. The molecule has 6 heteroatoms. The van der Waals surface area contributed by atoms with Crippen molar-refractivity contribution in [2.45, 2.75) is 69.6 Å². The van der Waals surface area contributed by atoms with Crippen LogP contribution < -0.4 is 11.1 Å². The molecule has 0 radical (unpaired) electrons. The van der Waals surface area contributed by atoms with E-state index in [2.05, 4.69) is 34.5 Å². The number of piperidine rings is 1. The van der Waals surface area contributed by atoms with E-state index in [4.69, 9.17) is 5.73 Å². The molecular weight excluding hydrogens is 357 g/mol. The monoisotopic (exact) mass is 387 g/mol. The molecule has 1 unspecified atom stereocenters. The number of carbonyl (C=O) groups is 1. The number of likely N-dealkylation sites (tertiary alicyclic amines) is 1. The summed E-state index contributed by atoms with van der Waals surface area (Å²) in [6.07, 6.45) is 7.43. The number of rotatable bonds is 4. The van der Waals surface area contributed by atoms with Gasteiger partial charge in [-0.05, 0) is 50.6 Å². The van der Waals surface area contributed by atoms with E-state index in [1.54, 1.807) is 0 Å². The van der Waals surface area contributed by atoms with Crippen molar-refractivity contribution in [1.82, 2.24) is 10.2 Å². The van der Waals surface area contributed by atoms with Crippen LogP contribution in [0.1, 0.15) is 50.5 Å². The minimum Gasteiger partial charge on any atom is -0.352 e. The maximum absolute atomic E-state index is 12.8. The van der Waals surface area contributed by atoms with Crippen LogP contribution in [-0.2, 0) is 11.3 Å². The molecule has 142 valence electrons. The number of hydrogen-bond donors (Lipinski definition) is 2. The summed E-state index contributed by atoms with van der Waals surface area (Å²) in [5.41, 5.74) is 7.25. The van der Waals surface area contributed by atoms with Gasteiger partial charge < -0.3 is 11.1 Å². The van der Waals surface area contributed by atoms with Crippen LogP contribution in [0.4, 0.5) is 0 Å². The molecule has 3 rings (SSSR count). The fourth-order valence-corrected chi connectivity index (χ4v) is 3.86. The molecule has 1 saturated carbocycles. The number of nitrogens with two attached hydrogens (primary N) is 1. The Morgan fingerprint density at radius 3 is 2.40 bits per heavy atom. The minimum atomic E-state index is 0. The van der Waals surface area contributed by atoms with Gasteiger partial charge in [-0.15, -0.1) is 24.8 Å². The lowest BCUT2D eigenvalue weighted by Gasteiger charge is -2.36. The Hall–Kier alpha value is -0.810. The molecule has 3 N–H and O–H groups in total. The number of amides is 1. The van der Waals surface area contributed by atoms with Crippen molar-refractivity contribution < 1.29 is 4.79 Å². The first kappa shape index (κ1) is 22.2. The lowest BCUT2D eigenvalue weighted by atomic mass is 9.91. The molecule has 2 aliphatic rings. The van der Waals surface area contributed by atoms with Crippen molar-refractivity contribution in [2.75, 3.05) is 6.54 Å². The Morgan fingerprint density at radius 1 is 1.04 bits per heavy atom. The highest BCUT2D eigenvalue weighted by atomic mass is 35.5. The van der Waals surface area contributed by atoms with E-state index in [9.17, 15) is 4.79 Å². The second-order valence-electron chi connectivity index (χ2n) is 7.09. The molecule has 1 amide bonds. The summed E-state index contributed by atoms with van der Waals surface area (Å²) in [4.78, 5) is 15.1. The molecule has 1 aliphatic heterocycles. The molecule has 4 nitrogen and oxygen atoms in total. The SMILES string of the molecule is Cl.Cl.NC1CCC(NC(=O)C2CCCCN2Cc2ccccc2)CC1. The van der Waals surface area contributed by atoms with Gasteiger partial charge in [0.05, 0.1) is 6.04 Å². The highest BCUT2D eigenvalue weighted by Gasteiger charge is 2.30. The Labute approximate surface area is 163 Å². The van der Waals surface area contributed by atoms with Crippen LogP contribution in [-0.4, -0.2) is 35.5 Å². The smallest absolute Gasteiger partial charge is 0.237 e. The summed E-state index contributed by atoms with van der Waals surface area (Å²) < 4.78 is 0. The van der Waals surface area contributed by atoms with Gasteiger partial charge in [0, 0.05) is 18.6 Å². The van der Waals surface area contributed by atoms with E-state index in [-0.39, 0.29) is 36.8 Å². The van der Waals surface area contributed by atoms with Crippen molar-refractivity contribution in [3.8, 4) is 0 Å². The lowest BCUT2D eigenvalue weighted by molar-refractivity contribution is -0.128. The van der Waals surface area contributed by atoms with Crippen LogP contribution >= 0.6 is 24.8 Å². The van der Waals surface area contributed by atoms with Gasteiger partial charge in [0.25, 0.3) is 0 Å². The molecule has 1 atom stereocenters. The van der Waals surface area contributed by atoms with Crippen LogP contribution in [0.15, 0.2) is 30.3 Å². The molecule has 1 aromatic rings. The van der Waals surface area contributed by atoms with Gasteiger partial charge in [-0.25, -0.2) is 0 Å². The summed E-state index contributed by atoms with van der Waals surface area (Å²) >= 11 is 0. The van der Waals surface area contributed by atoms with Crippen molar-refractivity contribution in [1.29, 1.82) is 0 Å². The standard InChI is InChI=1S/C19H29N3O.2ClH/c20-16-9-11-17(12-10-16)21-19(23)18-8-4-5-13-22(18)14-15-6-2-1-3-7-15;;/h1-3,6-7,16-18H,4-5,8-14,20H2,(H,21,23);2*1H. The van der Waals surface area contributed by atoms with E-state index in [1.807, 2.05) is 6.07 Å². The fourth-order valence-electron chi connectivity index (χ4n) is 3.86. The average molecular weight is 388 g/mol. The highest BCUT2D eigenvalue weighted by Crippen LogP contribution is 2.22. The predicted molar refractivity (Wildman–Crippen MR) is 107 cm³/mol. The molecule has 0 spiro atoms. The van der Waals surface area contributed by atoms with Gasteiger partial charge in [-0.2, -0.15) is 0 Å². The molecular formula is C19H31Cl2N3O. The van der Waals surface area contributed by atoms with E-state index in [1.165, 1.54) is 12.0 Å². The van der Waals surface area contributed by atoms with Crippen molar-refractivity contribution in [3.63, 3.8) is 0 Å². The van der Waals surface area contributed by atoms with E-state index in [0.717, 1.165) is 51.6 Å². The van der Waals surface area contributed by atoms with E-state index in [0.29, 0.717) is 12.1 Å². The maximum Gasteiger partial charge on any atom is 0.237 e. The zero-order valence-corrected chi connectivity index (χ0v) is 16.4. The Kier molecular flexibility index (Phi) is 9.80. The highest BCUT2D eigenvalue weighted by molar-refractivity contribution is 5.85. The maximum atomic E-state index is 12.8. The fraction of sp³-hybridized carbons (Fsp3) is 0.632. The minimum absolute atomic E-state index is 0. The average Bonchev–Trinajstić information content (AvgIpc) is 2.58. The van der Waals surface area contributed by atoms with Gasteiger partial charge in [0.1, 0.15) is 0 Å². The summed E-state index contributed by atoms with van der Waals surface area (Å²) in [6.45, 7) is 1.89.